The molecule has 3 aromatic rings. The second kappa shape index (κ2) is 3.30. The molecule has 0 atom stereocenters. The average molecular weight is 211 g/mol. The highest BCUT2D eigenvalue weighted by molar-refractivity contribution is 5.99. The fourth-order valence-corrected chi connectivity index (χ4v) is 1.75. The van der Waals surface area contributed by atoms with Crippen LogP contribution in [0.5, 0.6) is 0 Å². The predicted octanol–water partition coefficient (Wildman–Crippen LogP) is 1.60. The third-order valence-corrected chi connectivity index (χ3v) is 2.49. The Bertz CT molecular complexity index is 629. The van der Waals surface area contributed by atoms with E-state index in [1.807, 2.05) is 18.3 Å². The maximum absolute atomic E-state index is 5.85. The van der Waals surface area contributed by atoms with Crippen molar-refractivity contribution in [3.05, 3.63) is 37.1 Å². The molecule has 3 rings (SSSR count). The second-order valence-electron chi connectivity index (χ2n) is 3.42. The van der Waals surface area contributed by atoms with Crippen molar-refractivity contribution in [3.8, 4) is 11.1 Å². The molecule has 3 aromatic heterocycles. The van der Waals surface area contributed by atoms with Crippen LogP contribution in [-0.4, -0.2) is 19.9 Å². The van der Waals surface area contributed by atoms with E-state index in [0.717, 1.165) is 22.2 Å². The first kappa shape index (κ1) is 8.84. The molecule has 0 amide bonds. The monoisotopic (exact) mass is 211 g/mol. The van der Waals surface area contributed by atoms with Crippen molar-refractivity contribution in [3.63, 3.8) is 0 Å². The predicted molar refractivity (Wildman–Crippen MR) is 61.5 cm³/mol. The SMILES string of the molecule is Nc1ncnc2[nH]cc(-c3ccncc3)c12. The normalized spacial score (nSPS) is 10.8. The van der Waals surface area contributed by atoms with E-state index in [4.69, 9.17) is 5.73 Å². The minimum atomic E-state index is 0.484. The van der Waals surface area contributed by atoms with Crippen LogP contribution in [0.2, 0.25) is 0 Å². The third kappa shape index (κ3) is 1.22. The van der Waals surface area contributed by atoms with Crippen LogP contribution in [0.15, 0.2) is 37.1 Å². The first-order valence-electron chi connectivity index (χ1n) is 4.84. The van der Waals surface area contributed by atoms with Gasteiger partial charge in [0.05, 0.1) is 5.39 Å². The van der Waals surface area contributed by atoms with Crippen LogP contribution in [-0.2, 0) is 0 Å². The first-order chi connectivity index (χ1) is 7.86. The van der Waals surface area contributed by atoms with E-state index in [0.29, 0.717) is 5.82 Å². The summed E-state index contributed by atoms with van der Waals surface area (Å²) in [5.41, 5.74) is 8.64. The number of rotatable bonds is 1. The largest absolute Gasteiger partial charge is 0.383 e. The Kier molecular flexibility index (Phi) is 1.83. The molecule has 5 heteroatoms. The summed E-state index contributed by atoms with van der Waals surface area (Å²) < 4.78 is 0. The standard InChI is InChI=1S/C11H9N5/c12-10-9-8(7-1-3-13-4-2-7)5-14-11(9)16-6-15-10/h1-6H,(H3,12,14,15,16). The number of nitrogen functional groups attached to an aromatic ring is 1. The minimum Gasteiger partial charge on any atom is -0.383 e. The number of pyridine rings is 1. The molecular weight excluding hydrogens is 202 g/mol. The summed E-state index contributed by atoms with van der Waals surface area (Å²) in [6.07, 6.45) is 6.82. The van der Waals surface area contributed by atoms with E-state index in [1.54, 1.807) is 12.4 Å². The van der Waals surface area contributed by atoms with Crippen LogP contribution in [0.3, 0.4) is 0 Å². The van der Waals surface area contributed by atoms with Gasteiger partial charge in [0.15, 0.2) is 0 Å². The van der Waals surface area contributed by atoms with Crippen molar-refractivity contribution in [1.29, 1.82) is 0 Å². The Balaban J connectivity index is 2.33. The van der Waals surface area contributed by atoms with Crippen molar-refractivity contribution < 1.29 is 0 Å². The molecule has 0 spiro atoms. The van der Waals surface area contributed by atoms with Crippen LogP contribution in [0.1, 0.15) is 0 Å². The Morgan fingerprint density at radius 3 is 2.75 bits per heavy atom. The lowest BCUT2D eigenvalue weighted by atomic mass is 10.1. The Morgan fingerprint density at radius 1 is 1.12 bits per heavy atom. The summed E-state index contributed by atoms with van der Waals surface area (Å²) in [4.78, 5) is 15.2. The number of fused-ring (bicyclic) bond motifs is 1. The van der Waals surface area contributed by atoms with Gasteiger partial charge in [-0.25, -0.2) is 9.97 Å². The van der Waals surface area contributed by atoms with Gasteiger partial charge in [-0.05, 0) is 17.7 Å². The molecule has 5 nitrogen and oxygen atoms in total. The van der Waals surface area contributed by atoms with E-state index in [1.165, 1.54) is 6.33 Å². The number of hydrogen-bond acceptors (Lipinski definition) is 4. The van der Waals surface area contributed by atoms with Gasteiger partial charge in [0.25, 0.3) is 0 Å². The molecule has 3 heterocycles. The number of aromatic amines is 1. The molecule has 0 saturated heterocycles. The second-order valence-corrected chi connectivity index (χ2v) is 3.42. The van der Waals surface area contributed by atoms with Gasteiger partial charge in [0.2, 0.25) is 0 Å². The van der Waals surface area contributed by atoms with Gasteiger partial charge in [-0.15, -0.1) is 0 Å². The topological polar surface area (TPSA) is 80.5 Å². The van der Waals surface area contributed by atoms with Crippen LogP contribution < -0.4 is 5.73 Å². The molecule has 0 aromatic carbocycles. The summed E-state index contributed by atoms with van der Waals surface area (Å²) >= 11 is 0. The van der Waals surface area contributed by atoms with Crippen LogP contribution >= 0.6 is 0 Å². The van der Waals surface area contributed by atoms with Crippen LogP contribution in [0.25, 0.3) is 22.2 Å². The molecule has 0 aliphatic carbocycles. The molecule has 0 saturated carbocycles. The third-order valence-electron chi connectivity index (χ3n) is 2.49. The highest BCUT2D eigenvalue weighted by Gasteiger charge is 2.09. The molecule has 3 N–H and O–H groups in total. The summed E-state index contributed by atoms with van der Waals surface area (Å²) in [5, 5.41) is 0.855. The number of H-pyrrole nitrogens is 1. The number of hydrogen-bond donors (Lipinski definition) is 2. The molecule has 0 unspecified atom stereocenters. The van der Waals surface area contributed by atoms with Gasteiger partial charge in [0, 0.05) is 24.2 Å². The zero-order valence-electron chi connectivity index (χ0n) is 8.38. The van der Waals surface area contributed by atoms with Crippen molar-refractivity contribution in [1.82, 2.24) is 19.9 Å². The lowest BCUT2D eigenvalue weighted by molar-refractivity contribution is 1.21. The Morgan fingerprint density at radius 2 is 1.94 bits per heavy atom. The molecule has 0 aliphatic rings. The molecule has 0 radical (unpaired) electrons. The first-order valence-corrected chi connectivity index (χ1v) is 4.84. The zero-order chi connectivity index (χ0) is 11.0. The Labute approximate surface area is 91.4 Å². The van der Waals surface area contributed by atoms with Gasteiger partial charge < -0.3 is 10.7 Å². The number of aromatic nitrogens is 4. The van der Waals surface area contributed by atoms with Gasteiger partial charge in [0.1, 0.15) is 17.8 Å². The molecular formula is C11H9N5. The lowest BCUT2D eigenvalue weighted by Gasteiger charge is -1.99. The molecule has 16 heavy (non-hydrogen) atoms. The Hall–Kier alpha value is -2.43. The number of nitrogens with two attached hydrogens (primary N) is 1. The quantitative estimate of drug-likeness (QED) is 0.640. The smallest absolute Gasteiger partial charge is 0.143 e. The van der Waals surface area contributed by atoms with Crippen molar-refractivity contribution in [2.75, 3.05) is 5.73 Å². The zero-order valence-corrected chi connectivity index (χ0v) is 8.38. The van der Waals surface area contributed by atoms with Gasteiger partial charge in [-0.3, -0.25) is 4.98 Å². The lowest BCUT2D eigenvalue weighted by Crippen LogP contribution is -1.92. The number of anilines is 1. The molecule has 0 aliphatic heterocycles. The maximum Gasteiger partial charge on any atom is 0.143 e. The van der Waals surface area contributed by atoms with Gasteiger partial charge in [-0.2, -0.15) is 0 Å². The fraction of sp³-hybridized carbons (Fsp3) is 0. The van der Waals surface area contributed by atoms with Gasteiger partial charge >= 0.3 is 0 Å². The molecule has 0 fully saturated rings. The summed E-state index contributed by atoms with van der Waals surface area (Å²) in [5.74, 6) is 0.484. The van der Waals surface area contributed by atoms with Crippen LogP contribution in [0, 0.1) is 0 Å². The van der Waals surface area contributed by atoms with E-state index in [9.17, 15) is 0 Å². The van der Waals surface area contributed by atoms with E-state index >= 15 is 0 Å². The fourth-order valence-electron chi connectivity index (χ4n) is 1.75. The molecule has 0 bridgehead atoms. The van der Waals surface area contributed by atoms with Gasteiger partial charge in [-0.1, -0.05) is 0 Å². The number of nitrogens with one attached hydrogen (secondary N) is 1. The summed E-state index contributed by atoms with van der Waals surface area (Å²) in [6.45, 7) is 0. The minimum absolute atomic E-state index is 0.484. The van der Waals surface area contributed by atoms with E-state index < -0.39 is 0 Å². The highest BCUT2D eigenvalue weighted by atomic mass is 15.0. The van der Waals surface area contributed by atoms with Crippen molar-refractivity contribution in [2.24, 2.45) is 0 Å². The van der Waals surface area contributed by atoms with E-state index in [-0.39, 0.29) is 0 Å². The van der Waals surface area contributed by atoms with Crippen molar-refractivity contribution >= 4 is 16.9 Å². The van der Waals surface area contributed by atoms with Crippen molar-refractivity contribution in [2.45, 2.75) is 0 Å². The molecule has 78 valence electrons. The van der Waals surface area contributed by atoms with Crippen LogP contribution in [0.4, 0.5) is 5.82 Å². The average Bonchev–Trinajstić information content (AvgIpc) is 2.75. The van der Waals surface area contributed by atoms with E-state index in [2.05, 4.69) is 19.9 Å². The highest BCUT2D eigenvalue weighted by Crippen LogP contribution is 2.29. The summed E-state index contributed by atoms with van der Waals surface area (Å²) in [7, 11) is 0. The maximum atomic E-state index is 5.85. The number of nitrogens with zero attached hydrogens (tertiary/aromatic N) is 3. The summed E-state index contributed by atoms with van der Waals surface area (Å²) in [6, 6.07) is 3.85.